The smallest absolute Gasteiger partial charge is 0.368 e. The third-order valence-electron chi connectivity index (χ3n) is 0.118. The second kappa shape index (κ2) is 6.44. The van der Waals surface area contributed by atoms with Crippen LogP contribution in [-0.4, -0.2) is 44.2 Å². The van der Waals surface area contributed by atoms with Gasteiger partial charge >= 0.3 is 43.0 Å². The van der Waals surface area contributed by atoms with Gasteiger partial charge in [-0.05, 0) is 0 Å². The van der Waals surface area contributed by atoms with Gasteiger partial charge < -0.3 is 19.2 Å². The minimum absolute atomic E-state index is 0.958. The predicted molar refractivity (Wildman–Crippen MR) is 35.4 cm³/mol. The molecule has 0 saturated carbocycles. The van der Waals surface area contributed by atoms with Crippen LogP contribution in [0.1, 0.15) is 0 Å². The van der Waals surface area contributed by atoms with Crippen molar-refractivity contribution in [3.05, 3.63) is 12.7 Å². The minimum Gasteiger partial charge on any atom is -0.368 e. The number of hydrogen-bond donors (Lipinski definition) is 4. The molecule has 0 aromatic rings. The molecule has 55 valence electrons. The molecular weight excluding hydrogens is 207 g/mol. The van der Waals surface area contributed by atoms with E-state index in [2.05, 4.69) is 22.6 Å². The zero-order valence-electron chi connectivity index (χ0n) is 4.69. The first kappa shape index (κ1) is 12.0. The standard InChI is InChI=1S/C3H5Se.H4O4Si/c1-2-3-4;1-5(2,3)4/h2H,1,3H2;1-4H. The topological polar surface area (TPSA) is 80.9 Å². The molecule has 0 atom stereocenters. The first-order chi connectivity index (χ1) is 3.91. The van der Waals surface area contributed by atoms with Crippen LogP contribution in [0.15, 0.2) is 12.7 Å². The quantitative estimate of drug-likeness (QED) is 0.306. The van der Waals surface area contributed by atoms with Crippen molar-refractivity contribution in [3.8, 4) is 0 Å². The van der Waals surface area contributed by atoms with Crippen LogP contribution in [0.2, 0.25) is 5.32 Å². The molecular formula is C3H9O4SeSi. The summed E-state index contributed by atoms with van der Waals surface area (Å²) in [7, 11) is -4.61. The molecule has 0 spiro atoms. The molecule has 0 bridgehead atoms. The van der Waals surface area contributed by atoms with Crippen molar-refractivity contribution in [3.63, 3.8) is 0 Å². The van der Waals surface area contributed by atoms with Gasteiger partial charge in [-0.3, -0.25) is 0 Å². The Balaban J connectivity index is 0. The van der Waals surface area contributed by atoms with Crippen LogP contribution in [0.5, 0.6) is 0 Å². The summed E-state index contributed by atoms with van der Waals surface area (Å²) in [6.07, 6.45) is 1.82. The van der Waals surface area contributed by atoms with Crippen LogP contribution in [0.3, 0.4) is 0 Å². The largest absolute Gasteiger partial charge is 0.668 e. The van der Waals surface area contributed by atoms with Gasteiger partial charge in [-0.2, -0.15) is 0 Å². The molecule has 9 heavy (non-hydrogen) atoms. The molecule has 0 aliphatic heterocycles. The van der Waals surface area contributed by atoms with Crippen LogP contribution in [0.4, 0.5) is 0 Å². The van der Waals surface area contributed by atoms with Crippen molar-refractivity contribution in [2.45, 2.75) is 5.32 Å². The van der Waals surface area contributed by atoms with E-state index in [1.54, 1.807) is 0 Å². The summed E-state index contributed by atoms with van der Waals surface area (Å²) in [6.45, 7) is 3.45. The van der Waals surface area contributed by atoms with Crippen LogP contribution in [0.25, 0.3) is 0 Å². The van der Waals surface area contributed by atoms with Crippen molar-refractivity contribution >= 4 is 25.1 Å². The van der Waals surface area contributed by atoms with E-state index in [1.807, 2.05) is 6.08 Å². The summed E-state index contributed by atoms with van der Waals surface area (Å²) in [4.78, 5) is 29.3. The fourth-order valence-corrected chi connectivity index (χ4v) is 0. The van der Waals surface area contributed by atoms with Gasteiger partial charge in [0.2, 0.25) is 0 Å². The maximum absolute atomic E-state index is 7.33. The fraction of sp³-hybridized carbons (Fsp3) is 0.333. The second-order valence-corrected chi connectivity index (χ2v) is 2.95. The third kappa shape index (κ3) is 191. The summed E-state index contributed by atoms with van der Waals surface area (Å²) in [6, 6.07) is 0. The summed E-state index contributed by atoms with van der Waals surface area (Å²) in [5.74, 6) is 0. The first-order valence-electron chi connectivity index (χ1n) is 2.00. The zero-order chi connectivity index (χ0) is 7.91. The summed E-state index contributed by atoms with van der Waals surface area (Å²) < 4.78 is 0. The summed E-state index contributed by atoms with van der Waals surface area (Å²) in [5.41, 5.74) is 0. The van der Waals surface area contributed by atoms with E-state index in [0.29, 0.717) is 0 Å². The molecule has 1 radical (unpaired) electrons. The third-order valence-corrected chi connectivity index (χ3v) is 0.612. The van der Waals surface area contributed by atoms with Gasteiger partial charge in [-0.15, -0.1) is 0 Å². The Morgan fingerprint density at radius 1 is 1.33 bits per heavy atom. The van der Waals surface area contributed by atoms with Crippen molar-refractivity contribution in [2.24, 2.45) is 0 Å². The average molecular weight is 216 g/mol. The minimum atomic E-state index is -4.61. The van der Waals surface area contributed by atoms with Gasteiger partial charge in [0.25, 0.3) is 0 Å². The van der Waals surface area contributed by atoms with E-state index >= 15 is 0 Å². The van der Waals surface area contributed by atoms with Gasteiger partial charge in [-0.1, -0.05) is 0 Å². The van der Waals surface area contributed by atoms with Gasteiger partial charge in [0.05, 0.1) is 0 Å². The molecule has 4 nitrogen and oxygen atoms in total. The van der Waals surface area contributed by atoms with E-state index in [1.165, 1.54) is 0 Å². The Morgan fingerprint density at radius 3 is 1.44 bits per heavy atom. The molecule has 0 amide bonds. The Kier molecular flexibility index (Phi) is 8.61. The maximum atomic E-state index is 7.33. The summed E-state index contributed by atoms with van der Waals surface area (Å²) >= 11 is 2.77. The van der Waals surface area contributed by atoms with Crippen LogP contribution < -0.4 is 0 Å². The molecule has 0 saturated heterocycles. The van der Waals surface area contributed by atoms with Gasteiger partial charge in [0.1, 0.15) is 0 Å². The molecule has 0 unspecified atom stereocenters. The molecule has 0 rings (SSSR count). The van der Waals surface area contributed by atoms with Crippen molar-refractivity contribution < 1.29 is 19.2 Å². The number of rotatable bonds is 1. The monoisotopic (exact) mass is 217 g/mol. The van der Waals surface area contributed by atoms with Crippen molar-refractivity contribution in [1.29, 1.82) is 0 Å². The average Bonchev–Trinajstić information content (AvgIpc) is 1.61. The predicted octanol–water partition coefficient (Wildman–Crippen LogP) is -1.85. The number of allylic oxidation sites excluding steroid dienone is 1. The second-order valence-electron chi connectivity index (χ2n) is 1.06. The Hall–Kier alpha value is 0.316. The first-order valence-corrected chi connectivity index (χ1v) is 5.00. The van der Waals surface area contributed by atoms with Gasteiger partial charge in [-0.25, -0.2) is 0 Å². The number of hydrogen-bond acceptors (Lipinski definition) is 4. The normalized spacial score (nSPS) is 9.44. The van der Waals surface area contributed by atoms with Gasteiger partial charge in [0, 0.05) is 0 Å². The van der Waals surface area contributed by atoms with E-state index in [9.17, 15) is 0 Å². The van der Waals surface area contributed by atoms with E-state index in [0.717, 1.165) is 5.32 Å². The molecule has 4 N–H and O–H groups in total. The Morgan fingerprint density at radius 2 is 1.44 bits per heavy atom. The van der Waals surface area contributed by atoms with Crippen molar-refractivity contribution in [2.75, 3.05) is 0 Å². The van der Waals surface area contributed by atoms with Crippen LogP contribution in [-0.2, 0) is 0 Å². The molecule has 0 fully saturated rings. The van der Waals surface area contributed by atoms with Crippen LogP contribution >= 0.6 is 0 Å². The summed E-state index contributed by atoms with van der Waals surface area (Å²) in [5, 5.41) is 0.958. The van der Waals surface area contributed by atoms with E-state index in [-0.39, 0.29) is 0 Å². The molecule has 0 aromatic carbocycles. The van der Waals surface area contributed by atoms with E-state index < -0.39 is 9.05 Å². The molecule has 0 aromatic heterocycles. The van der Waals surface area contributed by atoms with Gasteiger partial charge in [0.15, 0.2) is 0 Å². The van der Waals surface area contributed by atoms with Crippen LogP contribution in [0, 0.1) is 0 Å². The molecule has 0 aliphatic carbocycles. The van der Waals surface area contributed by atoms with Crippen molar-refractivity contribution in [1.82, 2.24) is 0 Å². The molecule has 0 aliphatic rings. The SMILES string of the molecule is C=CC[Se].O[Si](O)(O)O. The zero-order valence-corrected chi connectivity index (χ0v) is 7.40. The molecule has 0 heterocycles. The fourth-order valence-electron chi connectivity index (χ4n) is 0. The Bertz CT molecular complexity index is 64.7. The Labute approximate surface area is 62.8 Å². The molecule has 6 heteroatoms. The maximum Gasteiger partial charge on any atom is 0.668 e. The van der Waals surface area contributed by atoms with E-state index in [4.69, 9.17) is 19.2 Å².